The smallest absolute Gasteiger partial charge is 0.111 e. The summed E-state index contributed by atoms with van der Waals surface area (Å²) in [6.07, 6.45) is 7.50. The van der Waals surface area contributed by atoms with Crippen LogP contribution >= 0.6 is 0 Å². The molecular formula is C7H9N3. The van der Waals surface area contributed by atoms with Crippen LogP contribution in [0.3, 0.4) is 0 Å². The topological polar surface area (TPSA) is 41.0 Å². The monoisotopic (exact) mass is 135 g/mol. The standard InChI is InChI=1S/C7H9N3/c1-2-8-4-3-7-9-5-6-10-7/h2,4-6H,1,3H2,(H,9,10). The summed E-state index contributed by atoms with van der Waals surface area (Å²) in [4.78, 5) is 10.8. The molecule has 0 saturated heterocycles. The average molecular weight is 135 g/mol. The molecule has 0 spiro atoms. The quantitative estimate of drug-likeness (QED) is 0.621. The van der Waals surface area contributed by atoms with Gasteiger partial charge < -0.3 is 4.98 Å². The van der Waals surface area contributed by atoms with Crippen molar-refractivity contribution in [2.75, 3.05) is 0 Å². The Kier molecular flexibility index (Phi) is 2.43. The molecular weight excluding hydrogens is 126 g/mol. The Hall–Kier alpha value is -1.38. The minimum absolute atomic E-state index is 0.735. The first kappa shape index (κ1) is 6.74. The molecule has 0 atom stereocenters. The van der Waals surface area contributed by atoms with Crippen molar-refractivity contribution in [2.24, 2.45) is 4.99 Å². The summed E-state index contributed by atoms with van der Waals surface area (Å²) >= 11 is 0. The summed E-state index contributed by atoms with van der Waals surface area (Å²) < 4.78 is 0. The van der Waals surface area contributed by atoms with Crippen molar-refractivity contribution in [3.63, 3.8) is 0 Å². The van der Waals surface area contributed by atoms with Gasteiger partial charge in [0.1, 0.15) is 5.82 Å². The minimum atomic E-state index is 0.735. The fourth-order valence-electron chi connectivity index (χ4n) is 0.623. The molecule has 1 heterocycles. The first-order chi connectivity index (χ1) is 4.93. The number of hydrogen-bond donors (Lipinski definition) is 1. The lowest BCUT2D eigenvalue weighted by atomic mass is 10.4. The molecule has 0 saturated carbocycles. The third-order valence-corrected chi connectivity index (χ3v) is 1.05. The van der Waals surface area contributed by atoms with E-state index in [1.54, 1.807) is 18.6 Å². The van der Waals surface area contributed by atoms with Crippen LogP contribution in [-0.2, 0) is 6.42 Å². The Balaban J connectivity index is 2.41. The van der Waals surface area contributed by atoms with Crippen LogP contribution in [0.25, 0.3) is 0 Å². The maximum absolute atomic E-state index is 4.01. The van der Waals surface area contributed by atoms with Crippen molar-refractivity contribution in [1.29, 1.82) is 0 Å². The van der Waals surface area contributed by atoms with Crippen LogP contribution in [0.2, 0.25) is 0 Å². The van der Waals surface area contributed by atoms with E-state index in [-0.39, 0.29) is 0 Å². The van der Waals surface area contributed by atoms with E-state index in [1.165, 1.54) is 6.20 Å². The zero-order valence-electron chi connectivity index (χ0n) is 5.62. The Morgan fingerprint density at radius 2 is 2.70 bits per heavy atom. The minimum Gasteiger partial charge on any atom is -0.348 e. The molecule has 0 bridgehead atoms. The Morgan fingerprint density at radius 3 is 3.30 bits per heavy atom. The average Bonchev–Trinajstić information content (AvgIpc) is 2.41. The van der Waals surface area contributed by atoms with Gasteiger partial charge in [0.15, 0.2) is 0 Å². The Labute approximate surface area is 59.5 Å². The molecule has 3 nitrogen and oxygen atoms in total. The van der Waals surface area contributed by atoms with Gasteiger partial charge in [-0.2, -0.15) is 0 Å². The molecule has 1 N–H and O–H groups in total. The van der Waals surface area contributed by atoms with Crippen molar-refractivity contribution in [3.05, 3.63) is 31.0 Å². The van der Waals surface area contributed by atoms with Gasteiger partial charge in [-0.05, 0) is 0 Å². The van der Waals surface area contributed by atoms with Crippen LogP contribution in [0.5, 0.6) is 0 Å². The van der Waals surface area contributed by atoms with Crippen LogP contribution in [0.15, 0.2) is 30.2 Å². The number of imidazole rings is 1. The van der Waals surface area contributed by atoms with E-state index in [2.05, 4.69) is 21.5 Å². The number of aliphatic imine (C=N–C) groups is 1. The lowest BCUT2D eigenvalue weighted by Gasteiger charge is -1.83. The van der Waals surface area contributed by atoms with Gasteiger partial charge in [-0.3, -0.25) is 4.99 Å². The summed E-state index contributed by atoms with van der Waals surface area (Å²) in [5.41, 5.74) is 0. The maximum atomic E-state index is 4.01. The fraction of sp³-hybridized carbons (Fsp3) is 0.143. The predicted octanol–water partition coefficient (Wildman–Crippen LogP) is 1.17. The number of aromatic amines is 1. The molecule has 1 aromatic rings. The molecule has 0 aliphatic rings. The van der Waals surface area contributed by atoms with E-state index in [1.807, 2.05) is 0 Å². The lowest BCUT2D eigenvalue weighted by Crippen LogP contribution is -1.87. The van der Waals surface area contributed by atoms with Crippen LogP contribution in [-0.4, -0.2) is 16.2 Å². The first-order valence-electron chi connectivity index (χ1n) is 3.04. The molecule has 1 aromatic heterocycles. The van der Waals surface area contributed by atoms with E-state index < -0.39 is 0 Å². The first-order valence-corrected chi connectivity index (χ1v) is 3.04. The summed E-state index contributed by atoms with van der Waals surface area (Å²) in [7, 11) is 0. The molecule has 0 amide bonds. The zero-order chi connectivity index (χ0) is 7.23. The van der Waals surface area contributed by atoms with Crippen LogP contribution < -0.4 is 0 Å². The maximum Gasteiger partial charge on any atom is 0.111 e. The van der Waals surface area contributed by atoms with Gasteiger partial charge >= 0.3 is 0 Å². The molecule has 52 valence electrons. The second-order valence-electron chi connectivity index (χ2n) is 1.75. The zero-order valence-corrected chi connectivity index (χ0v) is 5.62. The molecule has 0 aliphatic carbocycles. The Bertz CT molecular complexity index is 211. The van der Waals surface area contributed by atoms with Crippen molar-refractivity contribution in [1.82, 2.24) is 9.97 Å². The number of rotatable bonds is 3. The molecule has 0 aromatic carbocycles. The number of aromatic nitrogens is 2. The highest BCUT2D eigenvalue weighted by atomic mass is 14.9. The summed E-state index contributed by atoms with van der Waals surface area (Å²) in [5.74, 6) is 0.922. The molecule has 10 heavy (non-hydrogen) atoms. The van der Waals surface area contributed by atoms with Crippen molar-refractivity contribution in [2.45, 2.75) is 6.42 Å². The number of H-pyrrole nitrogens is 1. The van der Waals surface area contributed by atoms with Gasteiger partial charge in [0.2, 0.25) is 0 Å². The van der Waals surface area contributed by atoms with Gasteiger partial charge in [-0.25, -0.2) is 4.98 Å². The van der Waals surface area contributed by atoms with Gasteiger partial charge in [-0.1, -0.05) is 6.58 Å². The van der Waals surface area contributed by atoms with Crippen LogP contribution in [0, 0.1) is 0 Å². The number of nitrogens with zero attached hydrogens (tertiary/aromatic N) is 2. The van der Waals surface area contributed by atoms with Gasteiger partial charge in [0.05, 0.1) is 0 Å². The third-order valence-electron chi connectivity index (χ3n) is 1.05. The molecule has 1 rings (SSSR count). The van der Waals surface area contributed by atoms with E-state index >= 15 is 0 Å². The van der Waals surface area contributed by atoms with Crippen molar-refractivity contribution in [3.8, 4) is 0 Å². The highest BCUT2D eigenvalue weighted by Gasteiger charge is 1.87. The number of hydrogen-bond acceptors (Lipinski definition) is 2. The van der Waals surface area contributed by atoms with E-state index in [0.717, 1.165) is 12.2 Å². The van der Waals surface area contributed by atoms with Crippen LogP contribution in [0.1, 0.15) is 5.82 Å². The largest absolute Gasteiger partial charge is 0.348 e. The molecule has 0 fully saturated rings. The second-order valence-corrected chi connectivity index (χ2v) is 1.75. The van der Waals surface area contributed by atoms with Gasteiger partial charge in [0, 0.05) is 31.2 Å². The van der Waals surface area contributed by atoms with Crippen molar-refractivity contribution >= 4 is 6.21 Å². The molecule has 3 heteroatoms. The van der Waals surface area contributed by atoms with E-state index in [0.29, 0.717) is 0 Å². The summed E-state index contributed by atoms with van der Waals surface area (Å²) in [6, 6.07) is 0. The molecule has 0 aliphatic heterocycles. The van der Waals surface area contributed by atoms with Crippen LogP contribution in [0.4, 0.5) is 0 Å². The summed E-state index contributed by atoms with van der Waals surface area (Å²) in [6.45, 7) is 3.45. The highest BCUT2D eigenvalue weighted by molar-refractivity contribution is 5.60. The van der Waals surface area contributed by atoms with E-state index in [9.17, 15) is 0 Å². The highest BCUT2D eigenvalue weighted by Crippen LogP contribution is 1.86. The number of nitrogens with one attached hydrogen (secondary N) is 1. The normalized spacial score (nSPS) is 10.4. The fourth-order valence-corrected chi connectivity index (χ4v) is 0.623. The van der Waals surface area contributed by atoms with Crippen molar-refractivity contribution < 1.29 is 0 Å². The summed E-state index contributed by atoms with van der Waals surface area (Å²) in [5, 5.41) is 0. The Morgan fingerprint density at radius 1 is 1.80 bits per heavy atom. The predicted molar refractivity (Wildman–Crippen MR) is 41.0 cm³/mol. The van der Waals surface area contributed by atoms with Gasteiger partial charge in [0.25, 0.3) is 0 Å². The molecule has 0 radical (unpaired) electrons. The van der Waals surface area contributed by atoms with Gasteiger partial charge in [-0.15, -0.1) is 0 Å². The molecule has 0 unspecified atom stereocenters. The third kappa shape index (κ3) is 1.85. The SMILES string of the molecule is C=CN=CCc1ncc[nH]1. The lowest BCUT2D eigenvalue weighted by molar-refractivity contribution is 1.10. The second kappa shape index (κ2) is 3.61. The van der Waals surface area contributed by atoms with E-state index in [4.69, 9.17) is 0 Å².